The summed E-state index contributed by atoms with van der Waals surface area (Å²) in [5.41, 5.74) is 0.809. The lowest BCUT2D eigenvalue weighted by Crippen LogP contribution is -2.32. The highest BCUT2D eigenvalue weighted by Gasteiger charge is 2.46. The van der Waals surface area contributed by atoms with Gasteiger partial charge in [0, 0.05) is 19.2 Å². The van der Waals surface area contributed by atoms with E-state index >= 15 is 0 Å². The number of aliphatic hydroxyl groups excluding tert-OH is 1. The van der Waals surface area contributed by atoms with Gasteiger partial charge in [0.1, 0.15) is 11.5 Å². The number of halogens is 1. The molecule has 1 saturated heterocycles. The molecule has 9 heteroatoms. The Bertz CT molecular complexity index is 1080. The van der Waals surface area contributed by atoms with Crippen molar-refractivity contribution in [3.63, 3.8) is 0 Å². The van der Waals surface area contributed by atoms with Gasteiger partial charge in [-0.1, -0.05) is 17.7 Å². The molecule has 1 fully saturated rings. The van der Waals surface area contributed by atoms with Crippen molar-refractivity contribution < 1.29 is 33.6 Å². The summed E-state index contributed by atoms with van der Waals surface area (Å²) < 4.78 is 21.2. The number of hydrogen-bond acceptors (Lipinski definition) is 7. The second kappa shape index (κ2) is 10.6. The van der Waals surface area contributed by atoms with Crippen molar-refractivity contribution in [2.24, 2.45) is 0 Å². The predicted molar refractivity (Wildman–Crippen MR) is 123 cm³/mol. The van der Waals surface area contributed by atoms with Crippen molar-refractivity contribution in [3.8, 4) is 17.2 Å². The molecule has 1 N–H and O–H groups in total. The van der Waals surface area contributed by atoms with Crippen molar-refractivity contribution in [1.29, 1.82) is 0 Å². The van der Waals surface area contributed by atoms with Crippen LogP contribution in [-0.2, 0) is 14.3 Å². The van der Waals surface area contributed by atoms with Gasteiger partial charge in [0.15, 0.2) is 11.5 Å². The molecule has 1 heterocycles. The first-order valence-electron chi connectivity index (χ1n) is 10.3. The van der Waals surface area contributed by atoms with Gasteiger partial charge in [-0.3, -0.25) is 9.59 Å². The molecule has 0 saturated carbocycles. The smallest absolute Gasteiger partial charge is 0.295 e. The number of nitrogens with zero attached hydrogens (tertiary/aromatic N) is 1. The Balaban J connectivity index is 2.17. The molecule has 33 heavy (non-hydrogen) atoms. The van der Waals surface area contributed by atoms with Crippen molar-refractivity contribution in [1.82, 2.24) is 4.90 Å². The lowest BCUT2D eigenvalue weighted by molar-refractivity contribution is -0.140. The summed E-state index contributed by atoms with van der Waals surface area (Å²) in [6, 6.07) is 8.90. The fourth-order valence-electron chi connectivity index (χ4n) is 3.75. The van der Waals surface area contributed by atoms with Crippen LogP contribution < -0.4 is 14.2 Å². The molecule has 0 aromatic heterocycles. The number of methoxy groups -OCH3 is 3. The number of likely N-dealkylation sites (tertiary alicyclic amines) is 1. The van der Waals surface area contributed by atoms with Crippen molar-refractivity contribution >= 4 is 29.1 Å². The van der Waals surface area contributed by atoms with Gasteiger partial charge in [0.05, 0.1) is 44.1 Å². The largest absolute Gasteiger partial charge is 0.507 e. The van der Waals surface area contributed by atoms with E-state index in [-0.39, 0.29) is 29.5 Å². The Kier molecular flexibility index (Phi) is 7.84. The Morgan fingerprint density at radius 3 is 2.33 bits per heavy atom. The monoisotopic (exact) mass is 475 g/mol. The maximum Gasteiger partial charge on any atom is 0.295 e. The van der Waals surface area contributed by atoms with Crippen LogP contribution in [0.15, 0.2) is 42.0 Å². The summed E-state index contributed by atoms with van der Waals surface area (Å²) in [6.07, 6.45) is 0. The number of benzene rings is 2. The van der Waals surface area contributed by atoms with E-state index in [0.29, 0.717) is 35.0 Å². The molecule has 1 amide bonds. The van der Waals surface area contributed by atoms with E-state index in [1.165, 1.54) is 32.3 Å². The van der Waals surface area contributed by atoms with Crippen molar-refractivity contribution in [3.05, 3.63) is 58.1 Å². The molecular weight excluding hydrogens is 450 g/mol. The number of rotatable bonds is 9. The second-order valence-electron chi connectivity index (χ2n) is 7.18. The third-order valence-corrected chi connectivity index (χ3v) is 5.60. The Morgan fingerprint density at radius 1 is 1.03 bits per heavy atom. The topological polar surface area (TPSA) is 94.5 Å². The molecule has 2 aromatic carbocycles. The molecule has 1 aliphatic rings. The van der Waals surface area contributed by atoms with Crippen LogP contribution in [-0.4, -0.2) is 62.8 Å². The summed E-state index contributed by atoms with van der Waals surface area (Å²) in [6.45, 7) is 2.62. The number of amides is 1. The highest BCUT2D eigenvalue weighted by atomic mass is 35.5. The van der Waals surface area contributed by atoms with Crippen LogP contribution >= 0.6 is 11.6 Å². The number of carbonyl (C=O) groups is 2. The number of hydrogen-bond donors (Lipinski definition) is 1. The zero-order valence-electron chi connectivity index (χ0n) is 18.9. The highest BCUT2D eigenvalue weighted by Crippen LogP contribution is 2.42. The lowest BCUT2D eigenvalue weighted by atomic mass is 9.95. The van der Waals surface area contributed by atoms with E-state index < -0.39 is 17.7 Å². The van der Waals surface area contributed by atoms with Crippen LogP contribution in [0.5, 0.6) is 17.2 Å². The van der Waals surface area contributed by atoms with Crippen LogP contribution in [0.3, 0.4) is 0 Å². The molecule has 0 radical (unpaired) electrons. The highest BCUT2D eigenvalue weighted by molar-refractivity contribution is 6.46. The van der Waals surface area contributed by atoms with E-state index in [4.69, 9.17) is 30.5 Å². The molecule has 1 aliphatic heterocycles. The summed E-state index contributed by atoms with van der Waals surface area (Å²) >= 11 is 6.28. The summed E-state index contributed by atoms with van der Waals surface area (Å²) in [4.78, 5) is 27.3. The summed E-state index contributed by atoms with van der Waals surface area (Å²) in [5, 5.41) is 11.4. The zero-order chi connectivity index (χ0) is 24.1. The Hall–Kier alpha value is -3.23. The minimum atomic E-state index is -0.856. The van der Waals surface area contributed by atoms with Gasteiger partial charge in [0.2, 0.25) is 0 Å². The van der Waals surface area contributed by atoms with Gasteiger partial charge in [-0.2, -0.15) is 0 Å². The SMILES string of the molecule is CCOc1ccc(/C(O)=C2\C(=O)C(=O)N(CCOC)C2c2ccc(OC)c(OC)c2)cc1Cl. The molecule has 1 atom stereocenters. The van der Waals surface area contributed by atoms with Gasteiger partial charge in [-0.15, -0.1) is 0 Å². The molecule has 2 aromatic rings. The van der Waals surface area contributed by atoms with Gasteiger partial charge in [-0.05, 0) is 42.8 Å². The summed E-state index contributed by atoms with van der Waals surface area (Å²) in [5.74, 6) is -0.491. The van der Waals surface area contributed by atoms with Crippen molar-refractivity contribution in [2.45, 2.75) is 13.0 Å². The van der Waals surface area contributed by atoms with Crippen LogP contribution in [0, 0.1) is 0 Å². The summed E-state index contributed by atoms with van der Waals surface area (Å²) in [7, 11) is 4.51. The van der Waals surface area contributed by atoms with Crippen LogP contribution in [0.2, 0.25) is 5.02 Å². The maximum atomic E-state index is 13.0. The van der Waals surface area contributed by atoms with Gasteiger partial charge >= 0.3 is 0 Å². The molecular formula is C24H26ClNO7. The fraction of sp³-hybridized carbons (Fsp3) is 0.333. The minimum absolute atomic E-state index is 0.0523. The molecule has 0 spiro atoms. The predicted octanol–water partition coefficient (Wildman–Crippen LogP) is 3.82. The number of Topliss-reactive ketones (excluding diaryl/α,β-unsaturated/α-hetero) is 1. The van der Waals surface area contributed by atoms with E-state index in [1.54, 1.807) is 30.3 Å². The normalized spacial score (nSPS) is 17.4. The van der Waals surface area contributed by atoms with E-state index in [2.05, 4.69) is 0 Å². The first-order chi connectivity index (χ1) is 15.9. The molecule has 0 aliphatic carbocycles. The first kappa shape index (κ1) is 24.4. The van der Waals surface area contributed by atoms with Crippen LogP contribution in [0.4, 0.5) is 0 Å². The molecule has 3 rings (SSSR count). The van der Waals surface area contributed by atoms with E-state index in [1.807, 2.05) is 6.92 Å². The zero-order valence-corrected chi connectivity index (χ0v) is 19.6. The standard InChI is InChI=1S/C24H26ClNO7/c1-5-33-17-8-7-15(12-16(17)25)22(27)20-21(26(10-11-30-2)24(29)23(20)28)14-6-9-18(31-3)19(13-14)32-4/h6-9,12-13,21,27H,5,10-11H2,1-4H3/b22-20+. The average molecular weight is 476 g/mol. The van der Waals surface area contributed by atoms with Crippen LogP contribution in [0.1, 0.15) is 24.1 Å². The molecule has 176 valence electrons. The average Bonchev–Trinajstić information content (AvgIpc) is 3.07. The minimum Gasteiger partial charge on any atom is -0.507 e. The fourth-order valence-corrected chi connectivity index (χ4v) is 3.98. The van der Waals surface area contributed by atoms with E-state index in [9.17, 15) is 14.7 Å². The quantitative estimate of drug-likeness (QED) is 0.334. The van der Waals surface area contributed by atoms with Gasteiger partial charge in [-0.25, -0.2) is 0 Å². The Labute approximate surface area is 197 Å². The molecule has 1 unspecified atom stereocenters. The Morgan fingerprint density at radius 2 is 1.73 bits per heavy atom. The van der Waals surface area contributed by atoms with Crippen LogP contribution in [0.25, 0.3) is 5.76 Å². The van der Waals surface area contributed by atoms with Gasteiger partial charge < -0.3 is 29.0 Å². The van der Waals surface area contributed by atoms with E-state index in [0.717, 1.165) is 0 Å². The number of carbonyl (C=O) groups excluding carboxylic acids is 2. The van der Waals surface area contributed by atoms with Crippen molar-refractivity contribution in [2.75, 3.05) is 41.1 Å². The van der Waals surface area contributed by atoms with Gasteiger partial charge in [0.25, 0.3) is 11.7 Å². The maximum absolute atomic E-state index is 13.0. The molecule has 0 bridgehead atoms. The second-order valence-corrected chi connectivity index (χ2v) is 7.59. The lowest BCUT2D eigenvalue weighted by Gasteiger charge is -2.25. The first-order valence-corrected chi connectivity index (χ1v) is 10.7. The number of ether oxygens (including phenoxy) is 4. The third kappa shape index (κ3) is 4.77. The third-order valence-electron chi connectivity index (χ3n) is 5.30. The number of aliphatic hydroxyl groups is 1. The molecule has 8 nitrogen and oxygen atoms in total. The number of ketones is 1.